The number of nitrogen functional groups attached to an aromatic ring is 1. The molecule has 2 aromatic carbocycles. The standard InChI is InChI=1S/C15H15FN2OS/c1-2-20-13-9-5-8-12(14(13)15(17)18)19-11-7-4-3-6-10(11)16/h3-9H,2H2,1H3,(H3,17,18). The van der Waals surface area contributed by atoms with Crippen molar-refractivity contribution in [1.29, 1.82) is 5.41 Å². The molecule has 20 heavy (non-hydrogen) atoms. The zero-order chi connectivity index (χ0) is 14.5. The second-order valence-electron chi connectivity index (χ2n) is 4.01. The Hall–Kier alpha value is -2.01. The van der Waals surface area contributed by atoms with Gasteiger partial charge in [0.05, 0.1) is 5.56 Å². The van der Waals surface area contributed by atoms with Gasteiger partial charge in [-0.25, -0.2) is 4.39 Å². The van der Waals surface area contributed by atoms with E-state index in [1.165, 1.54) is 6.07 Å². The van der Waals surface area contributed by atoms with Crippen molar-refractivity contribution in [3.8, 4) is 11.5 Å². The molecule has 0 unspecified atom stereocenters. The van der Waals surface area contributed by atoms with E-state index in [4.69, 9.17) is 15.9 Å². The predicted molar refractivity (Wildman–Crippen MR) is 80.3 cm³/mol. The van der Waals surface area contributed by atoms with Gasteiger partial charge in [0.2, 0.25) is 0 Å². The van der Waals surface area contributed by atoms with Gasteiger partial charge in [-0.1, -0.05) is 25.1 Å². The monoisotopic (exact) mass is 290 g/mol. The number of rotatable bonds is 5. The van der Waals surface area contributed by atoms with Gasteiger partial charge in [-0.05, 0) is 30.0 Å². The fourth-order valence-corrected chi connectivity index (χ4v) is 2.62. The Morgan fingerprint density at radius 3 is 2.55 bits per heavy atom. The molecular weight excluding hydrogens is 275 g/mol. The maximum absolute atomic E-state index is 13.6. The number of para-hydroxylation sites is 1. The van der Waals surface area contributed by atoms with E-state index < -0.39 is 5.82 Å². The first-order valence-electron chi connectivity index (χ1n) is 6.16. The Balaban J connectivity index is 2.44. The fraction of sp³-hybridized carbons (Fsp3) is 0.133. The van der Waals surface area contributed by atoms with E-state index in [1.807, 2.05) is 13.0 Å². The highest BCUT2D eigenvalue weighted by molar-refractivity contribution is 7.99. The van der Waals surface area contributed by atoms with Crippen LogP contribution in [0.2, 0.25) is 0 Å². The summed E-state index contributed by atoms with van der Waals surface area (Å²) in [6, 6.07) is 11.5. The second kappa shape index (κ2) is 6.43. The third kappa shape index (κ3) is 3.11. The highest BCUT2D eigenvalue weighted by Crippen LogP contribution is 2.33. The molecule has 0 saturated carbocycles. The molecule has 104 valence electrons. The average Bonchev–Trinajstić information content (AvgIpc) is 2.41. The quantitative estimate of drug-likeness (QED) is 0.497. The lowest BCUT2D eigenvalue weighted by molar-refractivity contribution is 0.440. The summed E-state index contributed by atoms with van der Waals surface area (Å²) >= 11 is 1.56. The third-order valence-corrected chi connectivity index (χ3v) is 3.55. The first-order valence-corrected chi connectivity index (χ1v) is 7.14. The largest absolute Gasteiger partial charge is 0.453 e. The molecule has 0 fully saturated rings. The van der Waals surface area contributed by atoms with Crippen molar-refractivity contribution in [1.82, 2.24) is 0 Å². The van der Waals surface area contributed by atoms with Gasteiger partial charge in [0.15, 0.2) is 11.6 Å². The molecule has 5 heteroatoms. The van der Waals surface area contributed by atoms with Crippen LogP contribution in [0.3, 0.4) is 0 Å². The Labute approximate surface area is 121 Å². The van der Waals surface area contributed by atoms with Gasteiger partial charge < -0.3 is 10.5 Å². The maximum Gasteiger partial charge on any atom is 0.165 e. The highest BCUT2D eigenvalue weighted by atomic mass is 32.2. The summed E-state index contributed by atoms with van der Waals surface area (Å²) in [5.41, 5.74) is 6.14. The normalized spacial score (nSPS) is 10.3. The van der Waals surface area contributed by atoms with Crippen LogP contribution in [0.4, 0.5) is 4.39 Å². The third-order valence-electron chi connectivity index (χ3n) is 2.61. The van der Waals surface area contributed by atoms with Crippen LogP contribution >= 0.6 is 11.8 Å². The predicted octanol–water partition coefficient (Wildman–Crippen LogP) is 4.01. The Bertz CT molecular complexity index is 631. The summed E-state index contributed by atoms with van der Waals surface area (Å²) in [5.74, 6) is 0.821. The molecule has 0 aliphatic rings. The van der Waals surface area contributed by atoms with Crippen LogP contribution in [0.25, 0.3) is 0 Å². The number of halogens is 1. The van der Waals surface area contributed by atoms with Crippen LogP contribution in [0.1, 0.15) is 12.5 Å². The van der Waals surface area contributed by atoms with E-state index >= 15 is 0 Å². The van der Waals surface area contributed by atoms with E-state index in [0.717, 1.165) is 10.6 Å². The molecular formula is C15H15FN2OS. The van der Waals surface area contributed by atoms with E-state index in [2.05, 4.69) is 0 Å². The first kappa shape index (κ1) is 14.4. The van der Waals surface area contributed by atoms with Gasteiger partial charge in [-0.2, -0.15) is 0 Å². The summed E-state index contributed by atoms with van der Waals surface area (Å²) in [6.45, 7) is 2.01. The van der Waals surface area contributed by atoms with Gasteiger partial charge >= 0.3 is 0 Å². The molecule has 2 rings (SSSR count). The number of hydrogen-bond donors (Lipinski definition) is 2. The van der Waals surface area contributed by atoms with Crippen LogP contribution in [0, 0.1) is 11.2 Å². The van der Waals surface area contributed by atoms with Gasteiger partial charge in [-0.3, -0.25) is 5.41 Å². The lowest BCUT2D eigenvalue weighted by atomic mass is 10.2. The van der Waals surface area contributed by atoms with E-state index in [9.17, 15) is 4.39 Å². The molecule has 0 aliphatic carbocycles. The number of ether oxygens (including phenoxy) is 1. The second-order valence-corrected chi connectivity index (χ2v) is 5.31. The molecule has 0 atom stereocenters. The Morgan fingerprint density at radius 1 is 1.20 bits per heavy atom. The van der Waals surface area contributed by atoms with Crippen LogP contribution in [0.5, 0.6) is 11.5 Å². The van der Waals surface area contributed by atoms with Gasteiger partial charge in [0.1, 0.15) is 11.6 Å². The summed E-state index contributed by atoms with van der Waals surface area (Å²) in [6.07, 6.45) is 0. The van der Waals surface area contributed by atoms with E-state index in [0.29, 0.717) is 11.3 Å². The number of thioether (sulfide) groups is 1. The van der Waals surface area contributed by atoms with Crippen molar-refractivity contribution in [3.63, 3.8) is 0 Å². The lowest BCUT2D eigenvalue weighted by Crippen LogP contribution is -2.14. The molecule has 0 aliphatic heterocycles. The number of nitrogens with one attached hydrogen (secondary N) is 1. The molecule has 0 bridgehead atoms. The van der Waals surface area contributed by atoms with Crippen molar-refractivity contribution in [2.24, 2.45) is 5.73 Å². The molecule has 3 nitrogen and oxygen atoms in total. The maximum atomic E-state index is 13.6. The van der Waals surface area contributed by atoms with Crippen molar-refractivity contribution in [2.75, 3.05) is 5.75 Å². The SMILES string of the molecule is CCSc1cccc(Oc2ccccc2F)c1C(=N)N. The van der Waals surface area contributed by atoms with Gasteiger partial charge in [0, 0.05) is 4.90 Å². The minimum absolute atomic E-state index is 0.0899. The Morgan fingerprint density at radius 2 is 1.90 bits per heavy atom. The Kier molecular flexibility index (Phi) is 4.63. The molecule has 0 heterocycles. The smallest absolute Gasteiger partial charge is 0.165 e. The molecule has 0 saturated heterocycles. The van der Waals surface area contributed by atoms with Crippen LogP contribution in [-0.4, -0.2) is 11.6 Å². The van der Waals surface area contributed by atoms with Crippen LogP contribution < -0.4 is 10.5 Å². The average molecular weight is 290 g/mol. The minimum Gasteiger partial charge on any atom is -0.453 e. The molecule has 3 N–H and O–H groups in total. The summed E-state index contributed by atoms with van der Waals surface area (Å²) in [7, 11) is 0. The number of amidine groups is 1. The van der Waals surface area contributed by atoms with Crippen molar-refractivity contribution >= 4 is 17.6 Å². The van der Waals surface area contributed by atoms with E-state index in [-0.39, 0.29) is 11.6 Å². The number of hydrogen-bond acceptors (Lipinski definition) is 3. The van der Waals surface area contributed by atoms with Gasteiger partial charge in [0.25, 0.3) is 0 Å². The topological polar surface area (TPSA) is 59.1 Å². The van der Waals surface area contributed by atoms with E-state index in [1.54, 1.807) is 42.1 Å². The van der Waals surface area contributed by atoms with Crippen molar-refractivity contribution in [3.05, 3.63) is 53.8 Å². The zero-order valence-electron chi connectivity index (χ0n) is 11.0. The lowest BCUT2D eigenvalue weighted by Gasteiger charge is -2.14. The summed E-state index contributed by atoms with van der Waals surface area (Å²) < 4.78 is 19.2. The van der Waals surface area contributed by atoms with Crippen LogP contribution in [-0.2, 0) is 0 Å². The number of benzene rings is 2. The van der Waals surface area contributed by atoms with Crippen molar-refractivity contribution < 1.29 is 9.13 Å². The molecule has 0 amide bonds. The summed E-state index contributed by atoms with van der Waals surface area (Å²) in [5, 5.41) is 7.71. The number of nitrogens with two attached hydrogens (primary N) is 1. The highest BCUT2D eigenvalue weighted by Gasteiger charge is 2.14. The zero-order valence-corrected chi connectivity index (χ0v) is 11.8. The van der Waals surface area contributed by atoms with Gasteiger partial charge in [-0.15, -0.1) is 11.8 Å². The fourth-order valence-electron chi connectivity index (χ4n) is 1.78. The molecule has 0 aromatic heterocycles. The van der Waals surface area contributed by atoms with Crippen LogP contribution in [0.15, 0.2) is 47.4 Å². The minimum atomic E-state index is -0.449. The summed E-state index contributed by atoms with van der Waals surface area (Å²) in [4.78, 5) is 0.855. The molecule has 0 radical (unpaired) electrons. The molecule has 0 spiro atoms. The van der Waals surface area contributed by atoms with Crippen molar-refractivity contribution in [2.45, 2.75) is 11.8 Å². The molecule has 2 aromatic rings. The first-order chi connectivity index (χ1) is 9.63.